The molecule has 1 unspecified atom stereocenters. The van der Waals surface area contributed by atoms with E-state index in [-0.39, 0.29) is 0 Å². The van der Waals surface area contributed by atoms with E-state index in [1.807, 2.05) is 0 Å². The van der Waals surface area contributed by atoms with Crippen LogP contribution in [0, 0.1) is 9.49 Å². The number of aromatic nitrogens is 2. The zero-order chi connectivity index (χ0) is 9.68. The minimum atomic E-state index is 0.447. The fraction of sp³-hybridized carbons (Fsp3) is 0.500. The minimum absolute atomic E-state index is 0.447. The number of anilines is 1. The Morgan fingerprint density at radius 2 is 2.15 bits per heavy atom. The molecular weight excluding hydrogens is 279 g/mol. The lowest BCUT2D eigenvalue weighted by Crippen LogP contribution is -2.20. The summed E-state index contributed by atoms with van der Waals surface area (Å²) in [5.41, 5.74) is 5.48. The lowest BCUT2D eigenvalue weighted by atomic mass is 10.2. The number of hydrogen-bond acceptors (Lipinski definition) is 4. The fourth-order valence-electron chi connectivity index (χ4n) is 0.752. The van der Waals surface area contributed by atoms with E-state index in [0.29, 0.717) is 18.4 Å². The van der Waals surface area contributed by atoms with E-state index in [1.54, 1.807) is 12.4 Å². The van der Waals surface area contributed by atoms with Crippen LogP contribution in [0.3, 0.4) is 0 Å². The van der Waals surface area contributed by atoms with E-state index in [4.69, 9.17) is 5.73 Å². The molecule has 0 aliphatic rings. The summed E-state index contributed by atoms with van der Waals surface area (Å²) >= 11 is 2.17. The summed E-state index contributed by atoms with van der Waals surface area (Å²) in [7, 11) is 0. The Morgan fingerprint density at radius 3 is 2.69 bits per heavy atom. The summed E-state index contributed by atoms with van der Waals surface area (Å²) in [5, 5.41) is 3.12. The molecule has 13 heavy (non-hydrogen) atoms. The van der Waals surface area contributed by atoms with E-state index in [9.17, 15) is 0 Å². The van der Waals surface area contributed by atoms with E-state index in [1.165, 1.54) is 0 Å². The number of nitrogens with two attached hydrogens (primary N) is 1. The van der Waals surface area contributed by atoms with Gasteiger partial charge >= 0.3 is 0 Å². The molecule has 0 radical (unpaired) electrons. The maximum Gasteiger partial charge on any atom is 0.222 e. The van der Waals surface area contributed by atoms with E-state index in [2.05, 4.69) is 44.8 Å². The van der Waals surface area contributed by atoms with Crippen LogP contribution in [0.5, 0.6) is 0 Å². The normalized spacial score (nSPS) is 12.5. The van der Waals surface area contributed by atoms with Crippen molar-refractivity contribution in [3.05, 3.63) is 16.0 Å². The Hall–Kier alpha value is -0.430. The van der Waals surface area contributed by atoms with Gasteiger partial charge in [-0.15, -0.1) is 0 Å². The Kier molecular flexibility index (Phi) is 4.37. The van der Waals surface area contributed by atoms with Gasteiger partial charge in [0.05, 0.1) is 0 Å². The Bertz CT molecular complexity index is 249. The van der Waals surface area contributed by atoms with Crippen LogP contribution in [0.1, 0.15) is 6.92 Å². The maximum absolute atomic E-state index is 5.48. The zero-order valence-electron chi connectivity index (χ0n) is 7.50. The molecule has 0 amide bonds. The predicted octanol–water partition coefficient (Wildman–Crippen LogP) is 1.09. The average Bonchev–Trinajstić information content (AvgIpc) is 2.16. The van der Waals surface area contributed by atoms with Crippen molar-refractivity contribution in [3.63, 3.8) is 0 Å². The van der Waals surface area contributed by atoms with Crippen LogP contribution in [0.25, 0.3) is 0 Å². The number of nitrogens with zero attached hydrogens (tertiary/aromatic N) is 2. The first-order valence-electron chi connectivity index (χ1n) is 4.14. The number of rotatable bonds is 4. The number of halogens is 1. The van der Waals surface area contributed by atoms with Crippen LogP contribution >= 0.6 is 22.6 Å². The standard InChI is InChI=1S/C8H13IN4/c1-6(2-10)3-11-8-12-4-7(9)5-13-8/h4-6H,2-3,10H2,1H3,(H,11,12,13). The van der Waals surface area contributed by atoms with Crippen molar-refractivity contribution in [2.75, 3.05) is 18.4 Å². The first-order chi connectivity index (χ1) is 6.22. The molecule has 0 bridgehead atoms. The smallest absolute Gasteiger partial charge is 0.222 e. The summed E-state index contributed by atoms with van der Waals surface area (Å²) in [5.74, 6) is 1.11. The van der Waals surface area contributed by atoms with Gasteiger partial charge in [0.1, 0.15) is 0 Å². The Balaban J connectivity index is 2.41. The Morgan fingerprint density at radius 1 is 1.54 bits per heavy atom. The predicted molar refractivity (Wildman–Crippen MR) is 61.5 cm³/mol. The fourth-order valence-corrected chi connectivity index (χ4v) is 1.03. The van der Waals surface area contributed by atoms with Crippen LogP contribution in [0.4, 0.5) is 5.95 Å². The molecule has 0 spiro atoms. The average molecular weight is 292 g/mol. The van der Waals surface area contributed by atoms with Gasteiger partial charge in [-0.3, -0.25) is 0 Å². The summed E-state index contributed by atoms with van der Waals surface area (Å²) < 4.78 is 1.04. The molecular formula is C8H13IN4. The SMILES string of the molecule is CC(CN)CNc1ncc(I)cn1. The van der Waals surface area contributed by atoms with Gasteiger partial charge in [-0.05, 0) is 35.1 Å². The van der Waals surface area contributed by atoms with Gasteiger partial charge in [0, 0.05) is 22.5 Å². The third kappa shape index (κ3) is 3.86. The molecule has 0 fully saturated rings. The largest absolute Gasteiger partial charge is 0.354 e. The van der Waals surface area contributed by atoms with Gasteiger partial charge < -0.3 is 11.1 Å². The second kappa shape index (κ2) is 5.33. The van der Waals surface area contributed by atoms with Gasteiger partial charge in [0.25, 0.3) is 0 Å². The lowest BCUT2D eigenvalue weighted by Gasteiger charge is -2.09. The third-order valence-corrected chi connectivity index (χ3v) is 2.19. The van der Waals surface area contributed by atoms with Crippen molar-refractivity contribution in [2.24, 2.45) is 11.7 Å². The van der Waals surface area contributed by atoms with Crippen molar-refractivity contribution in [3.8, 4) is 0 Å². The van der Waals surface area contributed by atoms with Crippen molar-refractivity contribution >= 4 is 28.5 Å². The third-order valence-electron chi connectivity index (χ3n) is 1.63. The second-order valence-corrected chi connectivity index (χ2v) is 4.19. The molecule has 1 aromatic heterocycles. The van der Waals surface area contributed by atoms with E-state index < -0.39 is 0 Å². The Labute approximate surface area is 91.5 Å². The summed E-state index contributed by atoms with van der Waals surface area (Å²) in [6.07, 6.45) is 3.56. The molecule has 3 N–H and O–H groups in total. The molecule has 1 atom stereocenters. The van der Waals surface area contributed by atoms with Gasteiger partial charge in [-0.2, -0.15) is 0 Å². The van der Waals surface area contributed by atoms with Crippen molar-refractivity contribution in [1.82, 2.24) is 9.97 Å². The first kappa shape index (κ1) is 10.6. The topological polar surface area (TPSA) is 63.8 Å². The molecule has 4 nitrogen and oxygen atoms in total. The molecule has 5 heteroatoms. The highest BCUT2D eigenvalue weighted by Crippen LogP contribution is 2.03. The van der Waals surface area contributed by atoms with Crippen LogP contribution in [-0.2, 0) is 0 Å². The first-order valence-corrected chi connectivity index (χ1v) is 5.21. The molecule has 0 aliphatic heterocycles. The second-order valence-electron chi connectivity index (χ2n) is 2.95. The van der Waals surface area contributed by atoms with Crippen molar-refractivity contribution in [2.45, 2.75) is 6.92 Å². The van der Waals surface area contributed by atoms with Crippen LogP contribution in [0.2, 0.25) is 0 Å². The highest BCUT2D eigenvalue weighted by molar-refractivity contribution is 14.1. The lowest BCUT2D eigenvalue weighted by molar-refractivity contribution is 0.625. The van der Waals surface area contributed by atoms with Gasteiger partial charge in [-0.25, -0.2) is 9.97 Å². The molecule has 1 heterocycles. The van der Waals surface area contributed by atoms with Gasteiger partial charge in [0.2, 0.25) is 5.95 Å². The molecule has 0 saturated heterocycles. The summed E-state index contributed by atoms with van der Waals surface area (Å²) in [6.45, 7) is 3.58. The zero-order valence-corrected chi connectivity index (χ0v) is 9.65. The van der Waals surface area contributed by atoms with Crippen LogP contribution in [0.15, 0.2) is 12.4 Å². The van der Waals surface area contributed by atoms with E-state index >= 15 is 0 Å². The molecule has 1 rings (SSSR count). The highest BCUT2D eigenvalue weighted by atomic mass is 127. The van der Waals surface area contributed by atoms with E-state index in [0.717, 1.165) is 10.1 Å². The highest BCUT2D eigenvalue weighted by Gasteiger charge is 1.99. The molecule has 0 aromatic carbocycles. The van der Waals surface area contributed by atoms with Crippen LogP contribution < -0.4 is 11.1 Å². The van der Waals surface area contributed by atoms with Gasteiger partial charge in [0.15, 0.2) is 0 Å². The molecule has 1 aromatic rings. The molecule has 0 aliphatic carbocycles. The summed E-state index contributed by atoms with van der Waals surface area (Å²) in [6, 6.07) is 0. The van der Waals surface area contributed by atoms with Gasteiger partial charge in [-0.1, -0.05) is 6.92 Å². The van der Waals surface area contributed by atoms with Crippen molar-refractivity contribution in [1.29, 1.82) is 0 Å². The maximum atomic E-state index is 5.48. The van der Waals surface area contributed by atoms with Crippen molar-refractivity contribution < 1.29 is 0 Å². The molecule has 72 valence electrons. The van der Waals surface area contributed by atoms with Crippen LogP contribution in [-0.4, -0.2) is 23.1 Å². The summed E-state index contributed by atoms with van der Waals surface area (Å²) in [4.78, 5) is 8.23. The minimum Gasteiger partial charge on any atom is -0.354 e. The monoisotopic (exact) mass is 292 g/mol. The number of hydrogen-bond donors (Lipinski definition) is 2. The molecule has 0 saturated carbocycles. The quantitative estimate of drug-likeness (QED) is 0.815. The number of nitrogens with one attached hydrogen (secondary N) is 1.